The Balaban J connectivity index is 1.31. The van der Waals surface area contributed by atoms with Gasteiger partial charge in [-0.25, -0.2) is 18.1 Å². The van der Waals surface area contributed by atoms with Gasteiger partial charge < -0.3 is 5.32 Å². The SMILES string of the molecule is O=C(NCCCc1nc2ccccc2s1)c1cccc(S(=O)(=O)NCc2ccccc2)c1. The Bertz CT molecular complexity index is 1290. The van der Waals surface area contributed by atoms with Crippen molar-refractivity contribution in [1.82, 2.24) is 15.0 Å². The van der Waals surface area contributed by atoms with E-state index in [0.717, 1.165) is 33.6 Å². The topological polar surface area (TPSA) is 88.2 Å². The number of carbonyl (C=O) groups is 1. The van der Waals surface area contributed by atoms with Gasteiger partial charge in [0.25, 0.3) is 5.91 Å². The molecule has 8 heteroatoms. The van der Waals surface area contributed by atoms with E-state index < -0.39 is 10.0 Å². The summed E-state index contributed by atoms with van der Waals surface area (Å²) in [5.41, 5.74) is 2.17. The average molecular weight is 466 g/mol. The van der Waals surface area contributed by atoms with E-state index in [-0.39, 0.29) is 17.3 Å². The molecule has 0 fully saturated rings. The molecular formula is C24H23N3O3S2. The zero-order valence-corrected chi connectivity index (χ0v) is 19.0. The molecule has 0 bridgehead atoms. The summed E-state index contributed by atoms with van der Waals surface area (Å²) >= 11 is 1.66. The van der Waals surface area contributed by atoms with E-state index in [1.54, 1.807) is 23.5 Å². The van der Waals surface area contributed by atoms with Gasteiger partial charge in [-0.3, -0.25) is 4.79 Å². The number of hydrogen-bond acceptors (Lipinski definition) is 5. The van der Waals surface area contributed by atoms with Gasteiger partial charge in [0, 0.05) is 25.1 Å². The number of thiazole rings is 1. The fourth-order valence-corrected chi connectivity index (χ4v) is 5.30. The van der Waals surface area contributed by atoms with Crippen LogP contribution in [0.2, 0.25) is 0 Å². The van der Waals surface area contributed by atoms with Crippen LogP contribution in [0, 0.1) is 0 Å². The molecule has 0 saturated heterocycles. The highest BCUT2D eigenvalue weighted by atomic mass is 32.2. The van der Waals surface area contributed by atoms with Gasteiger partial charge >= 0.3 is 0 Å². The summed E-state index contributed by atoms with van der Waals surface area (Å²) in [6.07, 6.45) is 1.53. The second kappa shape index (κ2) is 10.0. The molecule has 0 atom stereocenters. The van der Waals surface area contributed by atoms with E-state index in [4.69, 9.17) is 0 Å². The van der Waals surface area contributed by atoms with Crippen LogP contribution in [0.15, 0.2) is 83.8 Å². The minimum Gasteiger partial charge on any atom is -0.352 e. The van der Waals surface area contributed by atoms with Gasteiger partial charge in [-0.1, -0.05) is 48.5 Å². The molecule has 0 aliphatic heterocycles. The van der Waals surface area contributed by atoms with Gasteiger partial charge in [0.2, 0.25) is 10.0 Å². The Morgan fingerprint density at radius 3 is 2.53 bits per heavy atom. The Morgan fingerprint density at radius 1 is 0.938 bits per heavy atom. The van der Waals surface area contributed by atoms with Crippen molar-refractivity contribution in [3.63, 3.8) is 0 Å². The molecule has 0 saturated carbocycles. The first kappa shape index (κ1) is 22.1. The van der Waals surface area contributed by atoms with Crippen LogP contribution in [0.3, 0.4) is 0 Å². The lowest BCUT2D eigenvalue weighted by Crippen LogP contribution is -2.26. The third-order valence-corrected chi connectivity index (χ3v) is 7.40. The van der Waals surface area contributed by atoms with Crippen molar-refractivity contribution in [2.75, 3.05) is 6.54 Å². The highest BCUT2D eigenvalue weighted by molar-refractivity contribution is 7.89. The first-order valence-corrected chi connectivity index (χ1v) is 12.6. The smallest absolute Gasteiger partial charge is 0.251 e. The largest absolute Gasteiger partial charge is 0.352 e. The fourth-order valence-electron chi connectivity index (χ4n) is 3.23. The molecule has 2 N–H and O–H groups in total. The second-order valence-electron chi connectivity index (χ2n) is 7.27. The number of rotatable bonds is 9. The zero-order chi connectivity index (χ0) is 22.4. The first-order valence-electron chi connectivity index (χ1n) is 10.3. The summed E-state index contributed by atoms with van der Waals surface area (Å²) in [7, 11) is -3.73. The number of para-hydroxylation sites is 1. The standard InChI is InChI=1S/C24H23N3O3S2/c28-24(25-15-7-14-23-27-21-12-4-5-13-22(21)31-23)19-10-6-11-20(16-19)32(29,30)26-17-18-8-2-1-3-9-18/h1-6,8-13,16,26H,7,14-15,17H2,(H,25,28). The minimum atomic E-state index is -3.73. The molecule has 0 unspecified atom stereocenters. The monoisotopic (exact) mass is 465 g/mol. The predicted octanol–water partition coefficient (Wildman–Crippen LogP) is 4.14. The van der Waals surface area contributed by atoms with Crippen LogP contribution >= 0.6 is 11.3 Å². The van der Waals surface area contributed by atoms with Gasteiger partial charge in [-0.05, 0) is 42.3 Å². The quantitative estimate of drug-likeness (QED) is 0.364. The highest BCUT2D eigenvalue weighted by Gasteiger charge is 2.16. The summed E-state index contributed by atoms with van der Waals surface area (Å²) in [6, 6.07) is 23.4. The van der Waals surface area contributed by atoms with Crippen molar-refractivity contribution in [1.29, 1.82) is 0 Å². The van der Waals surface area contributed by atoms with Crippen LogP contribution < -0.4 is 10.0 Å². The Kier molecular flexibility index (Phi) is 6.94. The summed E-state index contributed by atoms with van der Waals surface area (Å²) in [5.74, 6) is -0.297. The van der Waals surface area contributed by atoms with Crippen LogP contribution in [-0.4, -0.2) is 25.9 Å². The number of amides is 1. The predicted molar refractivity (Wildman–Crippen MR) is 127 cm³/mol. The van der Waals surface area contributed by atoms with Crippen LogP contribution in [0.1, 0.15) is 27.3 Å². The fraction of sp³-hybridized carbons (Fsp3) is 0.167. The van der Waals surface area contributed by atoms with E-state index >= 15 is 0 Å². The van der Waals surface area contributed by atoms with Crippen molar-refractivity contribution in [2.45, 2.75) is 24.3 Å². The van der Waals surface area contributed by atoms with Crippen LogP contribution in [0.25, 0.3) is 10.2 Å². The molecule has 6 nitrogen and oxygen atoms in total. The molecule has 0 aliphatic rings. The number of sulfonamides is 1. The normalized spacial score (nSPS) is 11.5. The number of aryl methyl sites for hydroxylation is 1. The third-order valence-electron chi connectivity index (χ3n) is 4.91. The van der Waals surface area contributed by atoms with Crippen molar-refractivity contribution < 1.29 is 13.2 Å². The number of aromatic nitrogens is 1. The summed E-state index contributed by atoms with van der Waals surface area (Å²) in [6.45, 7) is 0.670. The molecule has 0 radical (unpaired) electrons. The maximum absolute atomic E-state index is 12.6. The number of carbonyl (C=O) groups excluding carboxylic acids is 1. The molecule has 164 valence electrons. The van der Waals surface area contributed by atoms with Crippen LogP contribution in [-0.2, 0) is 23.0 Å². The van der Waals surface area contributed by atoms with Gasteiger partial charge in [0.15, 0.2) is 0 Å². The van der Waals surface area contributed by atoms with Crippen molar-refractivity contribution in [2.24, 2.45) is 0 Å². The van der Waals surface area contributed by atoms with Crippen molar-refractivity contribution in [3.05, 3.63) is 95.0 Å². The van der Waals surface area contributed by atoms with E-state index in [0.29, 0.717) is 12.1 Å². The number of fused-ring (bicyclic) bond motifs is 1. The van der Waals surface area contributed by atoms with Crippen molar-refractivity contribution in [3.8, 4) is 0 Å². The van der Waals surface area contributed by atoms with Gasteiger partial charge in [-0.2, -0.15) is 0 Å². The van der Waals surface area contributed by atoms with Crippen LogP contribution in [0.5, 0.6) is 0 Å². The van der Waals surface area contributed by atoms with E-state index in [9.17, 15) is 13.2 Å². The molecule has 32 heavy (non-hydrogen) atoms. The molecule has 4 aromatic rings. The molecular weight excluding hydrogens is 442 g/mol. The Hall–Kier alpha value is -3.07. The lowest BCUT2D eigenvalue weighted by Gasteiger charge is -2.09. The first-order chi connectivity index (χ1) is 15.5. The lowest BCUT2D eigenvalue weighted by molar-refractivity contribution is 0.0953. The third kappa shape index (κ3) is 5.59. The van der Waals surface area contributed by atoms with Gasteiger partial charge in [0.05, 0.1) is 20.1 Å². The second-order valence-corrected chi connectivity index (χ2v) is 10.2. The molecule has 0 spiro atoms. The number of hydrogen-bond donors (Lipinski definition) is 2. The summed E-state index contributed by atoms with van der Waals surface area (Å²) in [4.78, 5) is 17.2. The van der Waals surface area contributed by atoms with E-state index in [2.05, 4.69) is 15.0 Å². The summed E-state index contributed by atoms with van der Waals surface area (Å²) in [5, 5.41) is 3.90. The number of nitrogens with one attached hydrogen (secondary N) is 2. The number of benzene rings is 3. The summed E-state index contributed by atoms with van der Waals surface area (Å²) < 4.78 is 29.0. The van der Waals surface area contributed by atoms with E-state index in [1.807, 2.05) is 54.6 Å². The minimum absolute atomic E-state index is 0.0653. The maximum atomic E-state index is 12.6. The molecule has 1 heterocycles. The maximum Gasteiger partial charge on any atom is 0.251 e. The highest BCUT2D eigenvalue weighted by Crippen LogP contribution is 2.22. The Morgan fingerprint density at radius 2 is 1.72 bits per heavy atom. The van der Waals surface area contributed by atoms with Crippen molar-refractivity contribution >= 4 is 37.5 Å². The number of nitrogens with zero attached hydrogens (tertiary/aromatic N) is 1. The molecule has 1 aromatic heterocycles. The molecule has 4 rings (SSSR count). The van der Waals surface area contributed by atoms with Gasteiger partial charge in [0.1, 0.15) is 0 Å². The average Bonchev–Trinajstić information content (AvgIpc) is 3.24. The van der Waals surface area contributed by atoms with Crippen LogP contribution in [0.4, 0.5) is 0 Å². The Labute approximate surface area is 191 Å². The molecule has 1 amide bonds. The molecule has 3 aromatic carbocycles. The molecule has 0 aliphatic carbocycles. The lowest BCUT2D eigenvalue weighted by atomic mass is 10.2. The van der Waals surface area contributed by atoms with E-state index in [1.165, 1.54) is 12.1 Å². The zero-order valence-electron chi connectivity index (χ0n) is 17.3. The van der Waals surface area contributed by atoms with Gasteiger partial charge in [-0.15, -0.1) is 11.3 Å².